The van der Waals surface area contributed by atoms with Crippen LogP contribution in [0.25, 0.3) is 0 Å². The second-order valence-corrected chi connectivity index (χ2v) is 6.28. The van der Waals surface area contributed by atoms with Crippen molar-refractivity contribution in [1.29, 1.82) is 0 Å². The van der Waals surface area contributed by atoms with Crippen LogP contribution < -0.4 is 9.46 Å². The Morgan fingerprint density at radius 1 is 1.33 bits per heavy atom. The summed E-state index contributed by atoms with van der Waals surface area (Å²) >= 11 is 0. The zero-order valence-electron chi connectivity index (χ0n) is 11.1. The molecule has 2 N–H and O–H groups in total. The average Bonchev–Trinajstić information content (AvgIpc) is 2.39. The summed E-state index contributed by atoms with van der Waals surface area (Å²) in [7, 11) is -3.93. The van der Waals surface area contributed by atoms with Gasteiger partial charge in [-0.25, -0.2) is 13.1 Å². The van der Waals surface area contributed by atoms with Crippen molar-refractivity contribution < 1.29 is 31.8 Å². The van der Waals surface area contributed by atoms with E-state index in [1.807, 2.05) is 0 Å². The average molecular weight is 323 g/mol. The molecule has 6 nitrogen and oxygen atoms in total. The monoisotopic (exact) mass is 323 g/mol. The molecule has 0 aliphatic heterocycles. The van der Waals surface area contributed by atoms with Crippen molar-refractivity contribution in [1.82, 2.24) is 4.72 Å². The third kappa shape index (κ3) is 5.64. The Morgan fingerprint density at radius 3 is 2.38 bits per heavy atom. The van der Waals surface area contributed by atoms with Crippen LogP contribution in [0.2, 0.25) is 0 Å². The van der Waals surface area contributed by atoms with E-state index < -0.39 is 27.9 Å². The molecule has 1 rings (SSSR count). The maximum absolute atomic E-state index is 11.9. The van der Waals surface area contributed by atoms with Crippen molar-refractivity contribution >= 4 is 16.0 Å². The van der Waals surface area contributed by atoms with Crippen molar-refractivity contribution in [2.75, 3.05) is 6.54 Å². The normalized spacial score (nSPS) is 13.1. The van der Waals surface area contributed by atoms with E-state index in [9.17, 15) is 22.0 Å². The lowest BCUT2D eigenvalue weighted by molar-refractivity contribution is -0.136. The first-order valence-electron chi connectivity index (χ1n) is 5.97. The van der Waals surface area contributed by atoms with Crippen molar-refractivity contribution in [2.45, 2.75) is 25.2 Å². The number of carboxylic acid groups (broad SMARTS) is 1. The molecule has 0 fully saturated rings. The van der Waals surface area contributed by atoms with Crippen LogP contribution >= 0.6 is 0 Å². The van der Waals surface area contributed by atoms with E-state index in [4.69, 9.17) is 5.11 Å². The van der Waals surface area contributed by atoms with E-state index in [1.54, 1.807) is 0 Å². The molecule has 1 aromatic rings. The van der Waals surface area contributed by atoms with Gasteiger partial charge in [0.25, 0.3) is 0 Å². The van der Waals surface area contributed by atoms with Crippen molar-refractivity contribution in [3.8, 4) is 5.75 Å². The lowest BCUT2D eigenvalue weighted by Crippen LogP contribution is -2.38. The lowest BCUT2D eigenvalue weighted by atomic mass is 10.1. The Bertz CT molecular complexity index is 574. The van der Waals surface area contributed by atoms with E-state index in [0.29, 0.717) is 12.0 Å². The molecule has 21 heavy (non-hydrogen) atoms. The summed E-state index contributed by atoms with van der Waals surface area (Å²) in [5.41, 5.74) is 0.697. The first kappa shape index (κ1) is 17.3. The summed E-state index contributed by atoms with van der Waals surface area (Å²) in [6.07, 6.45) is 0.292. The minimum atomic E-state index is -3.93. The van der Waals surface area contributed by atoms with Gasteiger partial charge < -0.3 is 9.84 Å². The molecular weight excluding hydrogens is 308 g/mol. The first-order valence-corrected chi connectivity index (χ1v) is 7.52. The minimum absolute atomic E-state index is 0.00818. The number of rotatable bonds is 8. The van der Waals surface area contributed by atoms with Crippen LogP contribution in [0.15, 0.2) is 24.3 Å². The molecule has 0 bridgehead atoms. The van der Waals surface area contributed by atoms with Crippen molar-refractivity contribution in [3.05, 3.63) is 29.8 Å². The number of nitrogens with one attached hydrogen (secondary N) is 1. The third-order valence-electron chi connectivity index (χ3n) is 2.68. The lowest BCUT2D eigenvalue weighted by Gasteiger charge is -2.10. The number of ether oxygens (including phenoxy) is 1. The molecule has 0 saturated carbocycles. The maximum atomic E-state index is 11.9. The maximum Gasteiger partial charge on any atom is 0.387 e. The van der Waals surface area contributed by atoms with E-state index >= 15 is 0 Å². The molecule has 1 atom stereocenters. The van der Waals surface area contributed by atoms with Gasteiger partial charge in [0.05, 0.1) is 0 Å². The first-order chi connectivity index (χ1) is 9.72. The van der Waals surface area contributed by atoms with E-state index in [1.165, 1.54) is 24.3 Å². The Labute approximate surface area is 120 Å². The quantitative estimate of drug-likeness (QED) is 0.750. The second-order valence-electron chi connectivity index (χ2n) is 4.19. The highest BCUT2D eigenvalue weighted by Gasteiger charge is 2.26. The molecular formula is C12H15F2NO5S. The Hall–Kier alpha value is -1.74. The fourth-order valence-corrected chi connectivity index (χ4v) is 2.33. The Balaban J connectivity index is 2.51. The number of carboxylic acids is 1. The molecule has 0 radical (unpaired) electrons. The summed E-state index contributed by atoms with van der Waals surface area (Å²) in [4.78, 5) is 10.6. The van der Waals surface area contributed by atoms with Crippen LogP contribution in [-0.2, 0) is 21.2 Å². The predicted octanol–water partition coefficient (Wildman–Crippen LogP) is 1.22. The highest BCUT2D eigenvalue weighted by molar-refractivity contribution is 7.90. The predicted molar refractivity (Wildman–Crippen MR) is 70.8 cm³/mol. The van der Waals surface area contributed by atoms with E-state index in [2.05, 4.69) is 9.46 Å². The molecule has 1 unspecified atom stereocenters. The van der Waals surface area contributed by atoms with Gasteiger partial charge in [-0.1, -0.05) is 12.1 Å². The van der Waals surface area contributed by atoms with Gasteiger partial charge in [-0.15, -0.1) is 0 Å². The largest absolute Gasteiger partial charge is 0.480 e. The van der Waals surface area contributed by atoms with Crippen LogP contribution in [0.3, 0.4) is 0 Å². The number of alkyl halides is 2. The molecule has 118 valence electrons. The van der Waals surface area contributed by atoms with Gasteiger partial charge >= 0.3 is 12.6 Å². The van der Waals surface area contributed by atoms with Crippen LogP contribution in [0.4, 0.5) is 8.78 Å². The zero-order chi connectivity index (χ0) is 16.0. The third-order valence-corrected chi connectivity index (χ3v) is 4.42. The number of hydrogen-bond acceptors (Lipinski definition) is 4. The number of benzene rings is 1. The number of carbonyl (C=O) groups is 1. The van der Waals surface area contributed by atoms with Gasteiger partial charge in [-0.05, 0) is 31.0 Å². The summed E-state index contributed by atoms with van der Waals surface area (Å²) in [5.74, 6) is -1.43. The number of halogens is 2. The van der Waals surface area contributed by atoms with Gasteiger partial charge in [-0.2, -0.15) is 8.78 Å². The fraction of sp³-hybridized carbons (Fsp3) is 0.417. The summed E-state index contributed by atoms with van der Waals surface area (Å²) in [6, 6.07) is 5.73. The number of aliphatic carboxylic acids is 1. The standard InChI is InChI=1S/C12H15F2NO5S/c1-8(11(16)17)21(18,19)15-7-6-9-2-4-10(5-3-9)20-12(13)14/h2-5,8,12,15H,6-7H2,1H3,(H,16,17). The van der Waals surface area contributed by atoms with Crippen molar-refractivity contribution in [3.63, 3.8) is 0 Å². The van der Waals surface area contributed by atoms with E-state index in [-0.39, 0.29) is 12.3 Å². The Kier molecular flexibility index (Phi) is 6.03. The van der Waals surface area contributed by atoms with Gasteiger partial charge in [0.2, 0.25) is 10.0 Å². The molecule has 0 aliphatic carbocycles. The van der Waals surface area contributed by atoms with Crippen molar-refractivity contribution in [2.24, 2.45) is 0 Å². The summed E-state index contributed by atoms with van der Waals surface area (Å²) in [5, 5.41) is 7.10. The van der Waals surface area contributed by atoms with Crippen LogP contribution in [0, 0.1) is 0 Å². The van der Waals surface area contributed by atoms with Crippen LogP contribution in [-0.4, -0.2) is 37.9 Å². The van der Waals surface area contributed by atoms with Crippen LogP contribution in [0.1, 0.15) is 12.5 Å². The highest BCUT2D eigenvalue weighted by Crippen LogP contribution is 2.15. The highest BCUT2D eigenvalue weighted by atomic mass is 32.2. The summed E-state index contributed by atoms with van der Waals surface area (Å²) < 4.78 is 53.3. The summed E-state index contributed by atoms with van der Waals surface area (Å²) in [6.45, 7) is -1.82. The molecule has 0 aromatic heterocycles. The minimum Gasteiger partial charge on any atom is -0.480 e. The zero-order valence-corrected chi connectivity index (χ0v) is 11.9. The molecule has 0 spiro atoms. The molecule has 0 saturated heterocycles. The van der Waals surface area contributed by atoms with Crippen LogP contribution in [0.5, 0.6) is 5.75 Å². The topological polar surface area (TPSA) is 92.7 Å². The number of sulfonamides is 1. The SMILES string of the molecule is CC(C(=O)O)S(=O)(=O)NCCc1ccc(OC(F)F)cc1. The molecule has 0 aliphatic rings. The van der Waals surface area contributed by atoms with E-state index in [0.717, 1.165) is 6.92 Å². The van der Waals surface area contributed by atoms with Gasteiger partial charge in [-0.3, -0.25) is 4.79 Å². The smallest absolute Gasteiger partial charge is 0.387 e. The van der Waals surface area contributed by atoms with Gasteiger partial charge in [0.15, 0.2) is 5.25 Å². The molecule has 9 heteroatoms. The molecule has 1 aromatic carbocycles. The van der Waals surface area contributed by atoms with Gasteiger partial charge in [0, 0.05) is 6.54 Å². The van der Waals surface area contributed by atoms with Gasteiger partial charge in [0.1, 0.15) is 5.75 Å². The molecule has 0 heterocycles. The second kappa shape index (κ2) is 7.32. The fourth-order valence-electron chi connectivity index (χ4n) is 1.43. The number of hydrogen-bond donors (Lipinski definition) is 2. The molecule has 0 amide bonds. The Morgan fingerprint density at radius 2 is 1.90 bits per heavy atom.